The van der Waals surface area contributed by atoms with E-state index in [4.69, 9.17) is 0 Å². The van der Waals surface area contributed by atoms with Gasteiger partial charge in [-0.3, -0.25) is 9.59 Å². The minimum Gasteiger partial charge on any atom is -0.481 e. The van der Waals surface area contributed by atoms with Crippen LogP contribution in [0.3, 0.4) is 0 Å². The molecule has 4 heteroatoms. The van der Waals surface area contributed by atoms with Crippen LogP contribution >= 0.6 is 0 Å². The van der Waals surface area contributed by atoms with Crippen LogP contribution in [0.1, 0.15) is 92.9 Å². The Morgan fingerprint density at radius 3 is 1.19 bits per heavy atom. The molecule has 0 aliphatic heterocycles. The van der Waals surface area contributed by atoms with Crippen LogP contribution in [0.25, 0.3) is 0 Å². The molecule has 5 fully saturated rings. The maximum absolute atomic E-state index is 12.7. The number of rotatable bonds is 4. The minimum absolute atomic E-state index is 0.0956. The average molecular weight is 445 g/mol. The van der Waals surface area contributed by atoms with Gasteiger partial charge in [-0.05, 0) is 96.7 Å². The van der Waals surface area contributed by atoms with Gasteiger partial charge in [-0.2, -0.15) is 0 Å². The van der Waals surface area contributed by atoms with Gasteiger partial charge in [-0.15, -0.1) is 0 Å². The molecule has 5 aliphatic rings. The second-order valence-corrected chi connectivity index (χ2v) is 13.7. The summed E-state index contributed by atoms with van der Waals surface area (Å²) in [4.78, 5) is 25.3. The fourth-order valence-corrected chi connectivity index (χ4v) is 11.1. The molecule has 0 amide bonds. The summed E-state index contributed by atoms with van der Waals surface area (Å²) in [6.45, 7) is 13.4. The number of carbonyl (C=O) groups is 2. The maximum Gasteiger partial charge on any atom is 0.310 e. The van der Waals surface area contributed by atoms with Crippen molar-refractivity contribution in [2.24, 2.45) is 69.0 Å². The van der Waals surface area contributed by atoms with Crippen molar-refractivity contribution in [3.63, 3.8) is 0 Å². The lowest BCUT2D eigenvalue weighted by molar-refractivity contribution is -0.155. The lowest BCUT2D eigenvalue weighted by Gasteiger charge is -2.47. The minimum atomic E-state index is -0.556. The van der Waals surface area contributed by atoms with E-state index >= 15 is 0 Å². The number of carboxylic acids is 2. The Labute approximate surface area is 193 Å². The number of fused-ring (bicyclic) bond motifs is 2. The Morgan fingerprint density at radius 2 is 0.906 bits per heavy atom. The van der Waals surface area contributed by atoms with Crippen molar-refractivity contribution in [1.29, 1.82) is 0 Å². The molecule has 0 saturated heterocycles. The number of carboxylic acid groups (broad SMARTS) is 2. The molecule has 0 aromatic carbocycles. The summed E-state index contributed by atoms with van der Waals surface area (Å²) >= 11 is 0. The first kappa shape index (κ1) is 22.7. The van der Waals surface area contributed by atoms with Gasteiger partial charge in [0.25, 0.3) is 0 Å². The van der Waals surface area contributed by atoms with E-state index < -0.39 is 22.8 Å². The summed E-state index contributed by atoms with van der Waals surface area (Å²) < 4.78 is 0. The lowest BCUT2D eigenvalue weighted by Crippen LogP contribution is -2.45. The molecule has 180 valence electrons. The number of hydrogen-bond acceptors (Lipinski definition) is 2. The van der Waals surface area contributed by atoms with Gasteiger partial charge < -0.3 is 10.2 Å². The third-order valence-electron chi connectivity index (χ3n) is 12.4. The van der Waals surface area contributed by atoms with Crippen LogP contribution in [-0.2, 0) is 9.59 Å². The monoisotopic (exact) mass is 444 g/mol. The van der Waals surface area contributed by atoms with Crippen LogP contribution in [0.2, 0.25) is 0 Å². The van der Waals surface area contributed by atoms with Crippen LogP contribution in [-0.4, -0.2) is 22.2 Å². The first-order valence-corrected chi connectivity index (χ1v) is 13.3. The Morgan fingerprint density at radius 1 is 0.594 bits per heavy atom. The molecule has 0 aromatic heterocycles. The second-order valence-electron chi connectivity index (χ2n) is 13.7. The van der Waals surface area contributed by atoms with Crippen molar-refractivity contribution in [2.45, 2.75) is 92.9 Å². The molecular formula is C28H44O4. The van der Waals surface area contributed by atoms with E-state index in [1.54, 1.807) is 0 Å². The topological polar surface area (TPSA) is 74.6 Å². The predicted octanol–water partition coefficient (Wildman–Crippen LogP) is 6.34. The Bertz CT molecular complexity index is 753. The third kappa shape index (κ3) is 2.40. The lowest BCUT2D eigenvalue weighted by atomic mass is 9.57. The zero-order valence-corrected chi connectivity index (χ0v) is 21.0. The molecule has 0 spiro atoms. The van der Waals surface area contributed by atoms with Gasteiger partial charge in [-0.1, -0.05) is 54.4 Å². The van der Waals surface area contributed by atoms with Crippen LogP contribution in [0.5, 0.6) is 0 Å². The molecule has 0 aromatic rings. The van der Waals surface area contributed by atoms with E-state index in [1.165, 1.54) is 0 Å². The van der Waals surface area contributed by atoms with Crippen LogP contribution in [0, 0.1) is 69.0 Å². The summed E-state index contributed by atoms with van der Waals surface area (Å²) in [5.74, 6) is 1.98. The maximum atomic E-state index is 12.7. The highest BCUT2D eigenvalue weighted by Gasteiger charge is 2.82. The van der Waals surface area contributed by atoms with Crippen molar-refractivity contribution < 1.29 is 19.8 Å². The molecule has 5 rings (SSSR count). The third-order valence-corrected chi connectivity index (χ3v) is 12.4. The smallest absolute Gasteiger partial charge is 0.310 e. The fourth-order valence-electron chi connectivity index (χ4n) is 11.1. The van der Waals surface area contributed by atoms with Crippen molar-refractivity contribution in [3.8, 4) is 0 Å². The van der Waals surface area contributed by atoms with E-state index in [0.29, 0.717) is 35.5 Å². The highest BCUT2D eigenvalue weighted by molar-refractivity contribution is 5.82. The molecule has 2 N–H and O–H groups in total. The largest absolute Gasteiger partial charge is 0.481 e. The number of hydrogen-bond donors (Lipinski definition) is 2. The summed E-state index contributed by atoms with van der Waals surface area (Å²) in [6.07, 6.45) is 8.77. The average Bonchev–Trinajstić information content (AvgIpc) is 3.45. The quantitative estimate of drug-likeness (QED) is 0.530. The van der Waals surface area contributed by atoms with Crippen molar-refractivity contribution in [1.82, 2.24) is 0 Å². The number of aliphatic carboxylic acids is 2. The predicted molar refractivity (Wildman–Crippen MR) is 124 cm³/mol. The first-order valence-electron chi connectivity index (χ1n) is 13.3. The molecule has 4 nitrogen and oxygen atoms in total. The zero-order valence-electron chi connectivity index (χ0n) is 21.0. The summed E-state index contributed by atoms with van der Waals surface area (Å²) in [6, 6.07) is 0. The van der Waals surface area contributed by atoms with Gasteiger partial charge >= 0.3 is 11.9 Å². The molecule has 0 radical (unpaired) electrons. The van der Waals surface area contributed by atoms with Gasteiger partial charge in [0.15, 0.2) is 0 Å². The van der Waals surface area contributed by atoms with Crippen molar-refractivity contribution >= 4 is 11.9 Å². The van der Waals surface area contributed by atoms with Crippen LogP contribution in [0.4, 0.5) is 0 Å². The van der Waals surface area contributed by atoms with Crippen LogP contribution < -0.4 is 0 Å². The first-order chi connectivity index (χ1) is 14.9. The molecule has 8 unspecified atom stereocenters. The Hall–Kier alpha value is -1.06. The molecule has 5 aliphatic carbocycles. The second kappa shape index (κ2) is 6.75. The van der Waals surface area contributed by atoms with Gasteiger partial charge in [0, 0.05) is 0 Å². The van der Waals surface area contributed by atoms with E-state index in [-0.39, 0.29) is 22.7 Å². The summed E-state index contributed by atoms with van der Waals surface area (Å²) in [5.41, 5.74) is -1.26. The van der Waals surface area contributed by atoms with Crippen molar-refractivity contribution in [3.05, 3.63) is 0 Å². The van der Waals surface area contributed by atoms with Gasteiger partial charge in [-0.25, -0.2) is 0 Å². The standard InChI is InChI=1S/C28H44O4/c1-15-7-13-19-25(3,4)27(19,23(29)30)21(15)17-9-11-18(12-10-17)22-16(2)8-14-20-26(5,6)28(20,22)24(31)32/h15-22H,7-14H2,1-6H3,(H,29,30)(H,31,32). The molecule has 8 atom stereocenters. The van der Waals surface area contributed by atoms with E-state index in [1.807, 2.05) is 0 Å². The van der Waals surface area contributed by atoms with Gasteiger partial charge in [0.05, 0.1) is 10.8 Å². The van der Waals surface area contributed by atoms with Crippen molar-refractivity contribution in [2.75, 3.05) is 0 Å². The molecule has 0 bridgehead atoms. The molecule has 0 heterocycles. The summed E-state index contributed by atoms with van der Waals surface area (Å²) in [5, 5.41) is 20.8. The molecular weight excluding hydrogens is 400 g/mol. The molecule has 32 heavy (non-hydrogen) atoms. The summed E-state index contributed by atoms with van der Waals surface area (Å²) in [7, 11) is 0. The molecule has 5 saturated carbocycles. The highest BCUT2D eigenvalue weighted by Crippen LogP contribution is 2.81. The van der Waals surface area contributed by atoms with Gasteiger partial charge in [0.1, 0.15) is 0 Å². The fraction of sp³-hybridized carbons (Fsp3) is 0.929. The van der Waals surface area contributed by atoms with Crippen LogP contribution in [0.15, 0.2) is 0 Å². The zero-order chi connectivity index (χ0) is 23.4. The van der Waals surface area contributed by atoms with E-state index in [9.17, 15) is 19.8 Å². The van der Waals surface area contributed by atoms with E-state index in [2.05, 4.69) is 41.5 Å². The normalized spacial score (nSPS) is 52.9. The SMILES string of the molecule is CC1CCC2C(C)(C)C2(C(=O)O)C1C1CCC(C2C(C)CCC3C(C)(C)C23C(=O)O)CC1. The Balaban J connectivity index is 1.37. The van der Waals surface area contributed by atoms with E-state index in [0.717, 1.165) is 51.4 Å². The Kier molecular flexibility index (Phi) is 4.79. The van der Waals surface area contributed by atoms with Gasteiger partial charge in [0.2, 0.25) is 0 Å². The highest BCUT2D eigenvalue weighted by atomic mass is 16.4.